The average molecular weight is 364 g/mol. The Bertz CT molecular complexity index is 919. The van der Waals surface area contributed by atoms with E-state index in [1.165, 1.54) is 30.4 Å². The van der Waals surface area contributed by atoms with Gasteiger partial charge in [0.2, 0.25) is 0 Å². The van der Waals surface area contributed by atoms with Gasteiger partial charge in [0.1, 0.15) is 28.9 Å². The third-order valence-electron chi connectivity index (χ3n) is 3.72. The first kappa shape index (κ1) is 19.6. The second kappa shape index (κ2) is 9.11. The molecule has 0 spiro atoms. The number of hydrogen-bond acceptors (Lipinski definition) is 5. The summed E-state index contributed by atoms with van der Waals surface area (Å²) in [6.07, 6.45) is 4.43. The fourth-order valence-corrected chi connectivity index (χ4v) is 2.45. The molecule has 6 nitrogen and oxygen atoms in total. The van der Waals surface area contributed by atoms with Gasteiger partial charge in [-0.3, -0.25) is 4.79 Å². The molecule has 2 rings (SSSR count). The summed E-state index contributed by atoms with van der Waals surface area (Å²) in [5.74, 6) is -0.00981. The van der Waals surface area contributed by atoms with E-state index in [0.717, 1.165) is 11.1 Å². The molecule has 0 radical (unpaired) electrons. The van der Waals surface area contributed by atoms with Crippen molar-refractivity contribution in [2.24, 2.45) is 0 Å². The van der Waals surface area contributed by atoms with Crippen LogP contribution in [0.4, 0.5) is 0 Å². The molecule has 0 saturated heterocycles. The largest absolute Gasteiger partial charge is 0.508 e. The number of phenols is 2. The van der Waals surface area contributed by atoms with Crippen molar-refractivity contribution in [1.29, 1.82) is 5.26 Å². The van der Waals surface area contributed by atoms with Crippen molar-refractivity contribution in [3.63, 3.8) is 0 Å². The molecule has 0 aromatic heterocycles. The van der Waals surface area contributed by atoms with Crippen LogP contribution in [0.2, 0.25) is 0 Å². The number of phenolic OH excluding ortho intramolecular Hbond substituents is 2. The van der Waals surface area contributed by atoms with Gasteiger partial charge in [-0.25, -0.2) is 0 Å². The number of allylic oxidation sites excluding steroid dienone is 2. The number of nitriles is 1. The smallest absolute Gasteiger partial charge is 0.262 e. The zero-order valence-electron chi connectivity index (χ0n) is 15.1. The maximum atomic E-state index is 12.2. The molecular formula is C21H20N2O4. The van der Waals surface area contributed by atoms with Crippen LogP contribution in [-0.4, -0.2) is 23.2 Å². The van der Waals surface area contributed by atoms with E-state index in [1.807, 2.05) is 31.2 Å². The van der Waals surface area contributed by atoms with Crippen molar-refractivity contribution in [2.75, 3.05) is 7.11 Å². The van der Waals surface area contributed by atoms with Gasteiger partial charge in [0.25, 0.3) is 5.91 Å². The van der Waals surface area contributed by atoms with Gasteiger partial charge in [-0.15, -0.1) is 0 Å². The maximum absolute atomic E-state index is 12.2. The number of carbonyl (C=O) groups is 1. The summed E-state index contributed by atoms with van der Waals surface area (Å²) < 4.78 is 5.27. The molecule has 0 aliphatic rings. The van der Waals surface area contributed by atoms with Crippen LogP contribution in [0.1, 0.15) is 16.7 Å². The molecule has 2 aromatic rings. The van der Waals surface area contributed by atoms with Crippen molar-refractivity contribution < 1.29 is 19.7 Å². The molecule has 0 bridgehead atoms. The molecule has 6 heteroatoms. The number of amides is 1. The summed E-state index contributed by atoms with van der Waals surface area (Å²) in [6, 6.07) is 11.6. The lowest BCUT2D eigenvalue weighted by molar-refractivity contribution is -0.117. The van der Waals surface area contributed by atoms with Crippen LogP contribution in [-0.2, 0) is 11.3 Å². The van der Waals surface area contributed by atoms with Crippen molar-refractivity contribution in [1.82, 2.24) is 5.32 Å². The van der Waals surface area contributed by atoms with E-state index >= 15 is 0 Å². The second-order valence-corrected chi connectivity index (χ2v) is 5.83. The predicted octanol–water partition coefficient (Wildman–Crippen LogP) is 3.19. The van der Waals surface area contributed by atoms with Crippen LogP contribution < -0.4 is 10.1 Å². The SMILES string of the molecule is COc1ccc(C)cc1CNC(=O)/C(C#N)=C/C=C/c1cc(O)cc(O)c1. The van der Waals surface area contributed by atoms with Gasteiger partial charge in [0.05, 0.1) is 7.11 Å². The van der Waals surface area contributed by atoms with Gasteiger partial charge in [-0.1, -0.05) is 29.8 Å². The van der Waals surface area contributed by atoms with Gasteiger partial charge < -0.3 is 20.3 Å². The van der Waals surface area contributed by atoms with Crippen molar-refractivity contribution >= 4 is 12.0 Å². The second-order valence-electron chi connectivity index (χ2n) is 5.83. The summed E-state index contributed by atoms with van der Waals surface area (Å²) in [4.78, 5) is 12.2. The maximum Gasteiger partial charge on any atom is 0.262 e. The molecule has 0 saturated carbocycles. The zero-order chi connectivity index (χ0) is 19.8. The number of carbonyl (C=O) groups excluding carboxylic acids is 1. The standard InChI is InChI=1S/C21H20N2O4/c1-14-6-7-20(27-2)17(8-14)13-23-21(26)16(12-22)5-3-4-15-9-18(24)11-19(25)10-15/h3-11,24-25H,13H2,1-2H3,(H,23,26)/b4-3+,16-5+. The van der Waals surface area contributed by atoms with E-state index in [1.54, 1.807) is 13.2 Å². The van der Waals surface area contributed by atoms with Gasteiger partial charge in [-0.05, 0) is 36.8 Å². The normalized spacial score (nSPS) is 11.2. The molecule has 0 aliphatic heterocycles. The number of nitrogens with zero attached hydrogens (tertiary/aromatic N) is 1. The highest BCUT2D eigenvalue weighted by Crippen LogP contribution is 2.21. The molecule has 138 valence electrons. The van der Waals surface area contributed by atoms with Crippen LogP contribution in [0.3, 0.4) is 0 Å². The number of ether oxygens (including phenoxy) is 1. The fraction of sp³-hybridized carbons (Fsp3) is 0.143. The van der Waals surface area contributed by atoms with Crippen LogP contribution in [0, 0.1) is 18.3 Å². The number of hydrogen-bond donors (Lipinski definition) is 3. The minimum absolute atomic E-state index is 0.0674. The van der Waals surface area contributed by atoms with E-state index < -0.39 is 5.91 Å². The number of nitrogens with one attached hydrogen (secondary N) is 1. The number of methoxy groups -OCH3 is 1. The van der Waals surface area contributed by atoms with Crippen LogP contribution in [0.15, 0.2) is 54.1 Å². The Morgan fingerprint density at radius 2 is 1.93 bits per heavy atom. The molecule has 2 aromatic carbocycles. The van der Waals surface area contributed by atoms with E-state index in [-0.39, 0.29) is 23.6 Å². The van der Waals surface area contributed by atoms with Crippen LogP contribution >= 0.6 is 0 Å². The Hall–Kier alpha value is -3.72. The van der Waals surface area contributed by atoms with Gasteiger partial charge in [0.15, 0.2) is 0 Å². The lowest BCUT2D eigenvalue weighted by Gasteiger charge is -2.10. The van der Waals surface area contributed by atoms with E-state index in [2.05, 4.69) is 5.32 Å². The molecule has 0 heterocycles. The molecule has 0 aliphatic carbocycles. The zero-order valence-corrected chi connectivity index (χ0v) is 15.1. The molecule has 1 amide bonds. The topological polar surface area (TPSA) is 103 Å². The van der Waals surface area contributed by atoms with E-state index in [9.17, 15) is 20.3 Å². The minimum Gasteiger partial charge on any atom is -0.508 e. The van der Waals surface area contributed by atoms with Crippen molar-refractivity contribution in [3.8, 4) is 23.3 Å². The summed E-state index contributed by atoms with van der Waals surface area (Å²) in [6.45, 7) is 2.17. The minimum atomic E-state index is -0.510. The van der Waals surface area contributed by atoms with Crippen molar-refractivity contribution in [2.45, 2.75) is 13.5 Å². The monoisotopic (exact) mass is 364 g/mol. The fourth-order valence-electron chi connectivity index (χ4n) is 2.45. The number of aryl methyl sites for hydroxylation is 1. The van der Waals surface area contributed by atoms with Gasteiger partial charge in [-0.2, -0.15) is 5.26 Å². The number of aromatic hydroxyl groups is 2. The molecule has 0 atom stereocenters. The molecule has 0 unspecified atom stereocenters. The summed E-state index contributed by atoms with van der Waals surface area (Å²) in [5, 5.41) is 30.8. The Morgan fingerprint density at radius 1 is 1.22 bits per heavy atom. The highest BCUT2D eigenvalue weighted by atomic mass is 16.5. The predicted molar refractivity (Wildman–Crippen MR) is 102 cm³/mol. The van der Waals surface area contributed by atoms with E-state index in [0.29, 0.717) is 11.3 Å². The first-order valence-corrected chi connectivity index (χ1v) is 8.16. The summed E-state index contributed by atoms with van der Waals surface area (Å²) in [5.41, 5.74) is 2.32. The van der Waals surface area contributed by atoms with Crippen LogP contribution in [0.5, 0.6) is 17.2 Å². The molecule has 3 N–H and O–H groups in total. The number of benzene rings is 2. The molecule has 0 fully saturated rings. The lowest BCUT2D eigenvalue weighted by atomic mass is 10.1. The third kappa shape index (κ3) is 5.65. The van der Waals surface area contributed by atoms with Gasteiger partial charge in [0, 0.05) is 18.2 Å². The van der Waals surface area contributed by atoms with Crippen LogP contribution in [0.25, 0.3) is 6.08 Å². The third-order valence-corrected chi connectivity index (χ3v) is 3.72. The Morgan fingerprint density at radius 3 is 2.56 bits per heavy atom. The number of rotatable bonds is 6. The first-order valence-electron chi connectivity index (χ1n) is 8.16. The lowest BCUT2D eigenvalue weighted by Crippen LogP contribution is -2.24. The summed E-state index contributed by atoms with van der Waals surface area (Å²) in [7, 11) is 1.56. The van der Waals surface area contributed by atoms with Crippen molar-refractivity contribution in [3.05, 3.63) is 70.8 Å². The van der Waals surface area contributed by atoms with E-state index in [4.69, 9.17) is 4.74 Å². The van der Waals surface area contributed by atoms with Gasteiger partial charge >= 0.3 is 0 Å². The Labute approximate surface area is 157 Å². The molecule has 27 heavy (non-hydrogen) atoms. The highest BCUT2D eigenvalue weighted by Gasteiger charge is 2.10. The first-order chi connectivity index (χ1) is 12.9. The highest BCUT2D eigenvalue weighted by molar-refractivity contribution is 5.97. The molecular weight excluding hydrogens is 344 g/mol. The quantitative estimate of drug-likeness (QED) is 0.415. The average Bonchev–Trinajstić information content (AvgIpc) is 2.62. The Kier molecular flexibility index (Phi) is 6.61. The summed E-state index contributed by atoms with van der Waals surface area (Å²) >= 11 is 0. The Balaban J connectivity index is 2.07.